The molecule has 6 heteroatoms. The molecule has 2 aromatic rings. The molecule has 2 atom stereocenters. The van der Waals surface area contributed by atoms with Crippen LogP contribution in [0.4, 0.5) is 8.78 Å². The smallest absolute Gasteiger partial charge is 0.168 e. The van der Waals surface area contributed by atoms with Crippen LogP contribution in [0.2, 0.25) is 5.02 Å². The quantitative estimate of drug-likeness (QED) is 0.930. The van der Waals surface area contributed by atoms with Gasteiger partial charge in [-0.05, 0) is 31.2 Å². The summed E-state index contributed by atoms with van der Waals surface area (Å²) < 4.78 is 32.7. The minimum Gasteiger partial charge on any atom is -0.482 e. The average molecular weight is 325 g/mol. The highest BCUT2D eigenvalue weighted by Gasteiger charge is 2.29. The van der Waals surface area contributed by atoms with E-state index in [2.05, 4.69) is 10.3 Å². The highest BCUT2D eigenvalue weighted by molar-refractivity contribution is 6.30. The van der Waals surface area contributed by atoms with Gasteiger partial charge in [-0.15, -0.1) is 0 Å². The van der Waals surface area contributed by atoms with Crippen LogP contribution in [0.3, 0.4) is 0 Å². The predicted molar refractivity (Wildman–Crippen MR) is 80.0 cm³/mol. The summed E-state index contributed by atoms with van der Waals surface area (Å²) >= 11 is 5.99. The lowest BCUT2D eigenvalue weighted by atomic mass is 9.96. The molecule has 0 radical (unpaired) electrons. The van der Waals surface area contributed by atoms with E-state index in [-0.39, 0.29) is 17.8 Å². The first kappa shape index (κ1) is 15.2. The zero-order valence-corrected chi connectivity index (χ0v) is 12.5. The number of nitrogens with one attached hydrogen (secondary N) is 1. The number of pyridine rings is 1. The fourth-order valence-corrected chi connectivity index (χ4v) is 2.85. The van der Waals surface area contributed by atoms with Gasteiger partial charge < -0.3 is 10.1 Å². The molecule has 0 aliphatic carbocycles. The van der Waals surface area contributed by atoms with Crippen molar-refractivity contribution in [2.45, 2.75) is 12.5 Å². The van der Waals surface area contributed by atoms with Crippen molar-refractivity contribution in [3.05, 3.63) is 58.9 Å². The van der Waals surface area contributed by atoms with Crippen LogP contribution in [-0.2, 0) is 0 Å². The Bertz CT molecular complexity index is 662. The van der Waals surface area contributed by atoms with E-state index in [9.17, 15) is 8.78 Å². The molecule has 1 N–H and O–H groups in total. The maximum atomic E-state index is 13.9. The Labute approximate surface area is 132 Å². The molecule has 3 nitrogen and oxygen atoms in total. The molecule has 116 valence electrons. The fourth-order valence-electron chi connectivity index (χ4n) is 2.66. The average Bonchev–Trinajstić information content (AvgIpc) is 3.00. The van der Waals surface area contributed by atoms with Crippen molar-refractivity contribution in [2.24, 2.45) is 5.92 Å². The van der Waals surface area contributed by atoms with Gasteiger partial charge in [-0.2, -0.15) is 0 Å². The van der Waals surface area contributed by atoms with Crippen LogP contribution in [0.15, 0.2) is 36.7 Å². The number of benzene rings is 1. The number of aromatic nitrogens is 1. The Kier molecular flexibility index (Phi) is 4.55. The number of ether oxygens (including phenoxy) is 1. The highest BCUT2D eigenvalue weighted by Crippen LogP contribution is 2.33. The van der Waals surface area contributed by atoms with E-state index in [1.54, 1.807) is 12.3 Å². The molecule has 2 heterocycles. The summed E-state index contributed by atoms with van der Waals surface area (Å²) in [4.78, 5) is 4.07. The molecule has 1 fully saturated rings. The number of rotatable bonds is 4. The van der Waals surface area contributed by atoms with Gasteiger partial charge in [0.05, 0.1) is 5.02 Å². The summed E-state index contributed by atoms with van der Waals surface area (Å²) in [5, 5.41) is 3.76. The molecule has 1 aromatic carbocycles. The molecular weight excluding hydrogens is 310 g/mol. The van der Waals surface area contributed by atoms with E-state index in [0.717, 1.165) is 31.1 Å². The van der Waals surface area contributed by atoms with Crippen LogP contribution in [0.1, 0.15) is 18.1 Å². The Balaban J connectivity index is 1.91. The minimum atomic E-state index is -0.717. The van der Waals surface area contributed by atoms with Crippen LogP contribution in [0.25, 0.3) is 0 Å². The summed E-state index contributed by atoms with van der Waals surface area (Å²) in [5.41, 5.74) is 0.782. The van der Waals surface area contributed by atoms with Crippen LogP contribution in [0.5, 0.6) is 5.75 Å². The summed E-state index contributed by atoms with van der Waals surface area (Å²) in [6, 6.07) is 5.06. The SMILES string of the molecule is Fc1ccc(OC(c2cncc(Cl)c2)C2CCNC2)c(F)c1. The monoisotopic (exact) mass is 324 g/mol. The molecule has 0 amide bonds. The number of halogens is 3. The summed E-state index contributed by atoms with van der Waals surface area (Å²) in [6.45, 7) is 1.64. The highest BCUT2D eigenvalue weighted by atomic mass is 35.5. The third-order valence-electron chi connectivity index (χ3n) is 3.73. The third kappa shape index (κ3) is 3.36. The van der Waals surface area contributed by atoms with Gasteiger partial charge in [0.1, 0.15) is 11.9 Å². The van der Waals surface area contributed by atoms with E-state index < -0.39 is 11.6 Å². The first-order valence-corrected chi connectivity index (χ1v) is 7.44. The van der Waals surface area contributed by atoms with Crippen LogP contribution >= 0.6 is 11.6 Å². The first-order chi connectivity index (χ1) is 10.6. The molecule has 1 aliphatic heterocycles. The third-order valence-corrected chi connectivity index (χ3v) is 3.94. The van der Waals surface area contributed by atoms with Crippen molar-refractivity contribution in [1.82, 2.24) is 10.3 Å². The standard InChI is InChI=1S/C16H15ClF2N2O/c17-12-5-11(8-21-9-12)16(10-3-4-20-7-10)22-15-2-1-13(18)6-14(15)19/h1-2,5-6,8-10,16,20H,3-4,7H2. The summed E-state index contributed by atoms with van der Waals surface area (Å²) in [6.07, 6.45) is 3.71. The molecule has 3 rings (SSSR count). The molecule has 1 aromatic heterocycles. The van der Waals surface area contributed by atoms with Gasteiger partial charge in [-0.1, -0.05) is 11.6 Å². The summed E-state index contributed by atoms with van der Waals surface area (Å²) in [5.74, 6) is -1.15. The van der Waals surface area contributed by atoms with Gasteiger partial charge in [0.15, 0.2) is 11.6 Å². The number of hydrogen-bond acceptors (Lipinski definition) is 3. The second-order valence-electron chi connectivity index (χ2n) is 5.30. The van der Waals surface area contributed by atoms with Crippen molar-refractivity contribution in [2.75, 3.05) is 13.1 Å². The van der Waals surface area contributed by atoms with Gasteiger partial charge in [-0.25, -0.2) is 8.78 Å². The van der Waals surface area contributed by atoms with Crippen molar-refractivity contribution >= 4 is 11.6 Å². The van der Waals surface area contributed by atoms with E-state index >= 15 is 0 Å². The largest absolute Gasteiger partial charge is 0.482 e. The first-order valence-electron chi connectivity index (χ1n) is 7.06. The minimum absolute atomic E-state index is 0.0262. The second-order valence-corrected chi connectivity index (χ2v) is 5.74. The second kappa shape index (κ2) is 6.58. The van der Waals surface area contributed by atoms with Gasteiger partial charge in [0.2, 0.25) is 0 Å². The predicted octanol–water partition coefficient (Wildman–Crippen LogP) is 3.74. The maximum absolute atomic E-state index is 13.9. The molecule has 1 saturated heterocycles. The molecule has 0 bridgehead atoms. The van der Waals surface area contributed by atoms with Crippen molar-refractivity contribution in [1.29, 1.82) is 0 Å². The molecule has 0 spiro atoms. The summed E-state index contributed by atoms with van der Waals surface area (Å²) in [7, 11) is 0. The molecule has 1 aliphatic rings. The molecular formula is C16H15ClF2N2O. The van der Waals surface area contributed by atoms with E-state index in [1.807, 2.05) is 0 Å². The fraction of sp³-hybridized carbons (Fsp3) is 0.312. The van der Waals surface area contributed by atoms with Crippen molar-refractivity contribution < 1.29 is 13.5 Å². The van der Waals surface area contributed by atoms with Gasteiger partial charge >= 0.3 is 0 Å². The topological polar surface area (TPSA) is 34.1 Å². The lowest BCUT2D eigenvalue weighted by Crippen LogP contribution is -2.22. The number of nitrogens with zero attached hydrogens (tertiary/aromatic N) is 1. The zero-order valence-electron chi connectivity index (χ0n) is 11.7. The lowest BCUT2D eigenvalue weighted by Gasteiger charge is -2.25. The molecule has 22 heavy (non-hydrogen) atoms. The van der Waals surface area contributed by atoms with Gasteiger partial charge in [-0.3, -0.25) is 4.98 Å². The molecule has 0 saturated carbocycles. The van der Waals surface area contributed by atoms with Gasteiger partial charge in [0.25, 0.3) is 0 Å². The normalized spacial score (nSPS) is 19.1. The lowest BCUT2D eigenvalue weighted by molar-refractivity contribution is 0.137. The Morgan fingerprint density at radius 2 is 2.14 bits per heavy atom. The van der Waals surface area contributed by atoms with Crippen molar-refractivity contribution in [3.63, 3.8) is 0 Å². The number of hydrogen-bond donors (Lipinski definition) is 1. The Morgan fingerprint density at radius 1 is 1.27 bits per heavy atom. The van der Waals surface area contributed by atoms with Crippen LogP contribution in [0, 0.1) is 17.6 Å². The van der Waals surface area contributed by atoms with Crippen LogP contribution < -0.4 is 10.1 Å². The zero-order chi connectivity index (χ0) is 15.5. The maximum Gasteiger partial charge on any atom is 0.168 e. The van der Waals surface area contributed by atoms with E-state index in [0.29, 0.717) is 5.02 Å². The Morgan fingerprint density at radius 3 is 2.82 bits per heavy atom. The molecule has 2 unspecified atom stereocenters. The van der Waals surface area contributed by atoms with E-state index in [1.165, 1.54) is 18.3 Å². The van der Waals surface area contributed by atoms with Crippen LogP contribution in [-0.4, -0.2) is 18.1 Å². The van der Waals surface area contributed by atoms with E-state index in [4.69, 9.17) is 16.3 Å². The Hall–Kier alpha value is -1.72. The van der Waals surface area contributed by atoms with Crippen molar-refractivity contribution in [3.8, 4) is 5.75 Å². The van der Waals surface area contributed by atoms with Gasteiger partial charge in [0, 0.05) is 36.5 Å².